The summed E-state index contributed by atoms with van der Waals surface area (Å²) in [5.74, 6) is 1.10. The molecule has 0 aromatic carbocycles. The van der Waals surface area contributed by atoms with Crippen LogP contribution in [0.2, 0.25) is 0 Å². The van der Waals surface area contributed by atoms with Gasteiger partial charge in [-0.3, -0.25) is 9.88 Å². The van der Waals surface area contributed by atoms with E-state index < -0.39 is 0 Å². The van der Waals surface area contributed by atoms with Gasteiger partial charge in [-0.15, -0.1) is 0 Å². The predicted octanol–water partition coefficient (Wildman–Crippen LogP) is 2.76. The molecule has 0 saturated carbocycles. The molecule has 100 valence electrons. The van der Waals surface area contributed by atoms with E-state index in [2.05, 4.69) is 38.9 Å². The molecule has 0 unspecified atom stereocenters. The first-order valence-electron chi connectivity index (χ1n) is 6.90. The summed E-state index contributed by atoms with van der Waals surface area (Å²) in [6.07, 6.45) is 4.33. The fraction of sp³-hybridized carbons (Fsp3) is 0.467. The summed E-state index contributed by atoms with van der Waals surface area (Å²) in [4.78, 5) is 14.9. The van der Waals surface area contributed by atoms with Gasteiger partial charge in [-0.25, -0.2) is 4.98 Å². The molecular weight excluding hydrogens is 236 g/mol. The second-order valence-corrected chi connectivity index (χ2v) is 5.35. The first-order valence-corrected chi connectivity index (χ1v) is 6.90. The Labute approximate surface area is 113 Å². The number of H-pyrrole nitrogens is 1. The second kappa shape index (κ2) is 5.13. The number of aromatic nitrogens is 3. The molecule has 0 amide bonds. The third-order valence-corrected chi connectivity index (χ3v) is 3.71. The number of hydrogen-bond acceptors (Lipinski definition) is 3. The number of pyridine rings is 1. The average Bonchev–Trinajstić information content (AvgIpc) is 2.98. The monoisotopic (exact) mass is 256 g/mol. The molecule has 0 spiro atoms. The first-order chi connectivity index (χ1) is 9.22. The summed E-state index contributed by atoms with van der Waals surface area (Å²) in [5, 5.41) is 0. The SMILES string of the molecule is Cc1cccc(CN2CCC[C@H]2c2ncc(C)[nH]2)n1. The molecule has 4 heteroatoms. The van der Waals surface area contributed by atoms with Crippen LogP contribution in [0.1, 0.15) is 41.8 Å². The van der Waals surface area contributed by atoms with Crippen molar-refractivity contribution in [3.05, 3.63) is 47.3 Å². The zero-order chi connectivity index (χ0) is 13.2. The van der Waals surface area contributed by atoms with E-state index in [9.17, 15) is 0 Å². The van der Waals surface area contributed by atoms with Crippen LogP contribution < -0.4 is 0 Å². The maximum Gasteiger partial charge on any atom is 0.123 e. The Hall–Kier alpha value is -1.68. The summed E-state index contributed by atoms with van der Waals surface area (Å²) in [5.41, 5.74) is 3.37. The summed E-state index contributed by atoms with van der Waals surface area (Å²) in [6, 6.07) is 6.65. The third-order valence-electron chi connectivity index (χ3n) is 3.71. The van der Waals surface area contributed by atoms with Gasteiger partial charge < -0.3 is 4.98 Å². The quantitative estimate of drug-likeness (QED) is 0.918. The van der Waals surface area contributed by atoms with Crippen molar-refractivity contribution >= 4 is 0 Å². The minimum Gasteiger partial charge on any atom is -0.345 e. The number of rotatable bonds is 3. The van der Waals surface area contributed by atoms with E-state index in [1.807, 2.05) is 19.2 Å². The van der Waals surface area contributed by atoms with Crippen molar-refractivity contribution in [1.82, 2.24) is 19.9 Å². The van der Waals surface area contributed by atoms with Gasteiger partial charge in [0.05, 0.1) is 11.7 Å². The smallest absolute Gasteiger partial charge is 0.123 e. The molecule has 19 heavy (non-hydrogen) atoms. The van der Waals surface area contributed by atoms with E-state index in [-0.39, 0.29) is 0 Å². The minimum atomic E-state index is 0.413. The van der Waals surface area contributed by atoms with Crippen molar-refractivity contribution in [1.29, 1.82) is 0 Å². The average molecular weight is 256 g/mol. The highest BCUT2D eigenvalue weighted by Crippen LogP contribution is 2.31. The minimum absolute atomic E-state index is 0.413. The maximum atomic E-state index is 4.60. The van der Waals surface area contributed by atoms with Crippen molar-refractivity contribution in [2.45, 2.75) is 39.3 Å². The molecule has 1 fully saturated rings. The number of imidazole rings is 1. The number of hydrogen-bond donors (Lipinski definition) is 1. The van der Waals surface area contributed by atoms with E-state index in [1.54, 1.807) is 0 Å². The molecule has 0 bridgehead atoms. The van der Waals surface area contributed by atoms with Gasteiger partial charge in [0.2, 0.25) is 0 Å². The topological polar surface area (TPSA) is 44.8 Å². The molecule has 1 aliphatic rings. The predicted molar refractivity (Wildman–Crippen MR) is 74.7 cm³/mol. The fourth-order valence-electron chi connectivity index (χ4n) is 2.82. The van der Waals surface area contributed by atoms with Gasteiger partial charge in [0.15, 0.2) is 0 Å². The standard InChI is InChI=1S/C15H20N4/c1-11-5-3-6-13(17-11)10-19-8-4-7-14(19)15-16-9-12(2)18-15/h3,5-6,9,14H,4,7-8,10H2,1-2H3,(H,16,18)/t14-/m0/s1. The Morgan fingerprint density at radius 2 is 2.26 bits per heavy atom. The van der Waals surface area contributed by atoms with Gasteiger partial charge >= 0.3 is 0 Å². The van der Waals surface area contributed by atoms with Crippen LogP contribution in [0.3, 0.4) is 0 Å². The first kappa shape index (κ1) is 12.4. The molecule has 1 atom stereocenters. The summed E-state index contributed by atoms with van der Waals surface area (Å²) >= 11 is 0. The Morgan fingerprint density at radius 3 is 3.00 bits per heavy atom. The zero-order valence-electron chi connectivity index (χ0n) is 11.6. The van der Waals surface area contributed by atoms with Crippen molar-refractivity contribution < 1.29 is 0 Å². The van der Waals surface area contributed by atoms with Crippen LogP contribution in [-0.4, -0.2) is 26.4 Å². The highest BCUT2D eigenvalue weighted by atomic mass is 15.2. The Bertz CT molecular complexity index is 561. The lowest BCUT2D eigenvalue weighted by atomic mass is 10.2. The lowest BCUT2D eigenvalue weighted by molar-refractivity contribution is 0.238. The molecule has 3 rings (SSSR count). The van der Waals surface area contributed by atoms with Gasteiger partial charge in [-0.05, 0) is 45.4 Å². The van der Waals surface area contributed by atoms with Crippen LogP contribution in [-0.2, 0) is 6.54 Å². The van der Waals surface area contributed by atoms with Gasteiger partial charge in [0.25, 0.3) is 0 Å². The van der Waals surface area contributed by atoms with E-state index in [1.165, 1.54) is 12.8 Å². The van der Waals surface area contributed by atoms with Crippen LogP contribution in [0.4, 0.5) is 0 Å². The number of likely N-dealkylation sites (tertiary alicyclic amines) is 1. The number of aromatic amines is 1. The fourth-order valence-corrected chi connectivity index (χ4v) is 2.82. The molecule has 1 saturated heterocycles. The van der Waals surface area contributed by atoms with Crippen LogP contribution in [0, 0.1) is 13.8 Å². The molecule has 1 N–H and O–H groups in total. The Morgan fingerprint density at radius 1 is 1.37 bits per heavy atom. The molecule has 3 heterocycles. The van der Waals surface area contributed by atoms with Gasteiger partial charge in [-0.1, -0.05) is 6.07 Å². The van der Waals surface area contributed by atoms with Crippen LogP contribution >= 0.6 is 0 Å². The van der Waals surface area contributed by atoms with E-state index in [4.69, 9.17) is 0 Å². The van der Waals surface area contributed by atoms with Crippen LogP contribution in [0.15, 0.2) is 24.4 Å². The van der Waals surface area contributed by atoms with Gasteiger partial charge in [0.1, 0.15) is 5.82 Å². The molecule has 0 radical (unpaired) electrons. The molecular formula is C15H20N4. The van der Waals surface area contributed by atoms with Crippen molar-refractivity contribution in [2.75, 3.05) is 6.54 Å². The molecule has 4 nitrogen and oxygen atoms in total. The normalized spacial score (nSPS) is 20.0. The van der Waals surface area contributed by atoms with Crippen molar-refractivity contribution in [2.24, 2.45) is 0 Å². The maximum absolute atomic E-state index is 4.60. The van der Waals surface area contributed by atoms with Crippen LogP contribution in [0.25, 0.3) is 0 Å². The zero-order valence-corrected chi connectivity index (χ0v) is 11.6. The van der Waals surface area contributed by atoms with E-state index in [0.29, 0.717) is 6.04 Å². The van der Waals surface area contributed by atoms with Crippen LogP contribution in [0.5, 0.6) is 0 Å². The van der Waals surface area contributed by atoms with Gasteiger partial charge in [0, 0.05) is 24.1 Å². The summed E-state index contributed by atoms with van der Waals surface area (Å²) in [6.45, 7) is 6.13. The Kier molecular flexibility index (Phi) is 3.34. The second-order valence-electron chi connectivity index (χ2n) is 5.35. The molecule has 1 aliphatic heterocycles. The molecule has 2 aromatic rings. The lowest BCUT2D eigenvalue weighted by Gasteiger charge is -2.22. The highest BCUT2D eigenvalue weighted by molar-refractivity contribution is 5.11. The third kappa shape index (κ3) is 2.68. The van der Waals surface area contributed by atoms with Crippen molar-refractivity contribution in [3.8, 4) is 0 Å². The number of nitrogens with one attached hydrogen (secondary N) is 1. The largest absolute Gasteiger partial charge is 0.345 e. The molecule has 2 aromatic heterocycles. The Balaban J connectivity index is 1.76. The summed E-state index contributed by atoms with van der Waals surface area (Å²) in [7, 11) is 0. The highest BCUT2D eigenvalue weighted by Gasteiger charge is 2.28. The molecule has 0 aliphatic carbocycles. The van der Waals surface area contributed by atoms with Crippen molar-refractivity contribution in [3.63, 3.8) is 0 Å². The van der Waals surface area contributed by atoms with E-state index in [0.717, 1.165) is 36.0 Å². The van der Waals surface area contributed by atoms with E-state index >= 15 is 0 Å². The van der Waals surface area contributed by atoms with Gasteiger partial charge in [-0.2, -0.15) is 0 Å². The number of aryl methyl sites for hydroxylation is 2. The summed E-state index contributed by atoms with van der Waals surface area (Å²) < 4.78 is 0. The number of nitrogens with zero attached hydrogens (tertiary/aromatic N) is 3. The lowest BCUT2D eigenvalue weighted by Crippen LogP contribution is -2.24.